The molecule has 3 rings (SSSR count). The standard InChI is InChI=1S/C18H18N4O4S/c1-11-5-4-8-22-16(11)20-17(21-18(22)24)27-10-15(23)19-13-7-6-12(25-2)9-14(13)26-3/h4-9H,10H2,1-3H3,(H,19,23). The first-order chi connectivity index (χ1) is 13.0. The molecule has 1 N–H and O–H groups in total. The van der Waals surface area contributed by atoms with E-state index < -0.39 is 5.69 Å². The molecule has 0 aliphatic heterocycles. The second kappa shape index (κ2) is 8.09. The van der Waals surface area contributed by atoms with Crippen molar-refractivity contribution in [1.82, 2.24) is 14.4 Å². The van der Waals surface area contributed by atoms with Crippen LogP contribution in [0.5, 0.6) is 11.5 Å². The molecule has 0 unspecified atom stereocenters. The van der Waals surface area contributed by atoms with Gasteiger partial charge in [-0.25, -0.2) is 9.78 Å². The Hall–Kier alpha value is -3.07. The van der Waals surface area contributed by atoms with Gasteiger partial charge in [-0.2, -0.15) is 4.98 Å². The summed E-state index contributed by atoms with van der Waals surface area (Å²) in [7, 11) is 3.06. The highest BCUT2D eigenvalue weighted by Crippen LogP contribution is 2.29. The molecule has 0 saturated heterocycles. The number of benzene rings is 1. The van der Waals surface area contributed by atoms with Crippen LogP contribution in [0.4, 0.5) is 5.69 Å². The van der Waals surface area contributed by atoms with Gasteiger partial charge < -0.3 is 14.8 Å². The minimum absolute atomic E-state index is 0.0523. The van der Waals surface area contributed by atoms with Crippen LogP contribution in [0.1, 0.15) is 5.56 Å². The molecule has 1 aromatic carbocycles. The summed E-state index contributed by atoms with van der Waals surface area (Å²) in [6.45, 7) is 1.86. The van der Waals surface area contributed by atoms with Crippen LogP contribution in [-0.2, 0) is 4.79 Å². The Balaban J connectivity index is 1.72. The summed E-state index contributed by atoms with van der Waals surface area (Å²) in [5.74, 6) is 0.900. The van der Waals surface area contributed by atoms with Gasteiger partial charge in [-0.1, -0.05) is 17.8 Å². The lowest BCUT2D eigenvalue weighted by Gasteiger charge is -2.11. The number of hydrogen-bond acceptors (Lipinski definition) is 7. The van der Waals surface area contributed by atoms with Crippen LogP contribution in [0.3, 0.4) is 0 Å². The van der Waals surface area contributed by atoms with Gasteiger partial charge in [-0.05, 0) is 30.7 Å². The average molecular weight is 386 g/mol. The van der Waals surface area contributed by atoms with Gasteiger partial charge in [0.25, 0.3) is 0 Å². The normalized spacial score (nSPS) is 10.6. The lowest BCUT2D eigenvalue weighted by atomic mass is 10.2. The monoisotopic (exact) mass is 386 g/mol. The summed E-state index contributed by atoms with van der Waals surface area (Å²) >= 11 is 1.09. The van der Waals surface area contributed by atoms with Crippen molar-refractivity contribution in [3.63, 3.8) is 0 Å². The zero-order chi connectivity index (χ0) is 19.4. The molecule has 140 valence electrons. The number of ether oxygens (including phenoxy) is 2. The second-order valence-electron chi connectivity index (χ2n) is 5.58. The van der Waals surface area contributed by atoms with Gasteiger partial charge in [0.2, 0.25) is 5.91 Å². The number of pyridine rings is 1. The van der Waals surface area contributed by atoms with Gasteiger partial charge in [0.15, 0.2) is 5.16 Å². The molecule has 0 aliphatic carbocycles. The molecule has 0 aliphatic rings. The Morgan fingerprint density at radius 3 is 2.78 bits per heavy atom. The quantitative estimate of drug-likeness (QED) is 0.649. The Kier molecular flexibility index (Phi) is 5.60. The number of nitrogens with one attached hydrogen (secondary N) is 1. The van der Waals surface area contributed by atoms with Gasteiger partial charge >= 0.3 is 5.69 Å². The van der Waals surface area contributed by atoms with E-state index in [2.05, 4.69) is 15.3 Å². The number of nitrogens with zero attached hydrogens (tertiary/aromatic N) is 3. The number of methoxy groups -OCH3 is 2. The van der Waals surface area contributed by atoms with Gasteiger partial charge in [0.05, 0.1) is 25.7 Å². The largest absolute Gasteiger partial charge is 0.497 e. The Morgan fingerprint density at radius 1 is 1.22 bits per heavy atom. The van der Waals surface area contributed by atoms with Gasteiger partial charge in [0, 0.05) is 12.3 Å². The number of thioether (sulfide) groups is 1. The Labute approximate surface area is 159 Å². The average Bonchev–Trinajstić information content (AvgIpc) is 2.67. The molecule has 8 nitrogen and oxygen atoms in total. The fraction of sp³-hybridized carbons (Fsp3) is 0.222. The number of carbonyl (C=O) groups excluding carboxylic acids is 1. The zero-order valence-corrected chi connectivity index (χ0v) is 15.9. The van der Waals surface area contributed by atoms with E-state index in [1.165, 1.54) is 11.5 Å². The van der Waals surface area contributed by atoms with Gasteiger partial charge in [0.1, 0.15) is 17.1 Å². The lowest BCUT2D eigenvalue weighted by molar-refractivity contribution is -0.113. The molecule has 9 heteroatoms. The molecular weight excluding hydrogens is 368 g/mol. The number of rotatable bonds is 6. The molecule has 1 amide bonds. The van der Waals surface area contributed by atoms with E-state index in [0.717, 1.165) is 17.3 Å². The summed E-state index contributed by atoms with van der Waals surface area (Å²) in [6, 6.07) is 8.72. The molecular formula is C18H18N4O4S. The van der Waals surface area contributed by atoms with Crippen LogP contribution in [0, 0.1) is 6.92 Å². The number of fused-ring (bicyclic) bond motifs is 1. The first-order valence-electron chi connectivity index (χ1n) is 8.02. The molecule has 2 aromatic heterocycles. The number of anilines is 1. The highest BCUT2D eigenvalue weighted by atomic mass is 32.2. The summed E-state index contributed by atoms with van der Waals surface area (Å²) in [6.07, 6.45) is 1.61. The third-order valence-electron chi connectivity index (χ3n) is 3.78. The van der Waals surface area contributed by atoms with E-state index in [-0.39, 0.29) is 16.8 Å². The maximum atomic E-state index is 12.3. The fourth-order valence-electron chi connectivity index (χ4n) is 2.44. The summed E-state index contributed by atoms with van der Waals surface area (Å²) in [5, 5.41) is 3.02. The number of aryl methyl sites for hydroxylation is 1. The predicted octanol–water partition coefficient (Wildman–Crippen LogP) is 2.15. The zero-order valence-electron chi connectivity index (χ0n) is 15.1. The van der Waals surface area contributed by atoms with Crippen molar-refractivity contribution < 1.29 is 14.3 Å². The van der Waals surface area contributed by atoms with Crippen molar-refractivity contribution in [3.8, 4) is 11.5 Å². The van der Waals surface area contributed by atoms with Crippen LogP contribution < -0.4 is 20.5 Å². The SMILES string of the molecule is COc1ccc(NC(=O)CSc2nc(=O)n3cccc(C)c3n2)c(OC)c1. The van der Waals surface area contributed by atoms with E-state index in [9.17, 15) is 9.59 Å². The molecule has 3 aromatic rings. The maximum Gasteiger partial charge on any atom is 0.355 e. The van der Waals surface area contributed by atoms with Gasteiger partial charge in [-0.3, -0.25) is 9.20 Å². The number of hydrogen-bond donors (Lipinski definition) is 1. The van der Waals surface area contributed by atoms with Crippen LogP contribution in [-0.4, -0.2) is 40.2 Å². The van der Waals surface area contributed by atoms with Crippen LogP contribution in [0.25, 0.3) is 5.65 Å². The molecule has 0 spiro atoms. The van der Waals surface area contributed by atoms with E-state index in [1.54, 1.807) is 37.6 Å². The number of carbonyl (C=O) groups is 1. The maximum absolute atomic E-state index is 12.3. The van der Waals surface area contributed by atoms with Crippen LogP contribution >= 0.6 is 11.8 Å². The Bertz CT molecular complexity index is 1050. The first kappa shape index (κ1) is 18.7. The van der Waals surface area contributed by atoms with Crippen molar-refractivity contribution in [2.75, 3.05) is 25.3 Å². The number of amides is 1. The molecule has 2 heterocycles. The minimum atomic E-state index is -0.427. The minimum Gasteiger partial charge on any atom is -0.497 e. The third kappa shape index (κ3) is 4.20. The van der Waals surface area contributed by atoms with E-state index >= 15 is 0 Å². The summed E-state index contributed by atoms with van der Waals surface area (Å²) in [5.41, 5.74) is 1.48. The Morgan fingerprint density at radius 2 is 2.04 bits per heavy atom. The van der Waals surface area contributed by atoms with Crippen LogP contribution in [0.15, 0.2) is 46.5 Å². The smallest absolute Gasteiger partial charge is 0.355 e. The summed E-state index contributed by atoms with van der Waals surface area (Å²) < 4.78 is 11.8. The summed E-state index contributed by atoms with van der Waals surface area (Å²) in [4.78, 5) is 32.6. The number of aromatic nitrogens is 3. The predicted molar refractivity (Wildman–Crippen MR) is 103 cm³/mol. The highest BCUT2D eigenvalue weighted by molar-refractivity contribution is 7.99. The topological polar surface area (TPSA) is 94.8 Å². The third-order valence-corrected chi connectivity index (χ3v) is 4.62. The van der Waals surface area contributed by atoms with Crippen molar-refractivity contribution in [1.29, 1.82) is 0 Å². The molecule has 27 heavy (non-hydrogen) atoms. The second-order valence-corrected chi connectivity index (χ2v) is 6.52. The van der Waals surface area contributed by atoms with Crippen molar-refractivity contribution in [3.05, 3.63) is 52.6 Å². The first-order valence-corrected chi connectivity index (χ1v) is 9.01. The molecule has 0 fully saturated rings. The van der Waals surface area contributed by atoms with Crippen molar-refractivity contribution >= 4 is 29.0 Å². The molecule has 0 atom stereocenters. The lowest BCUT2D eigenvalue weighted by Crippen LogP contribution is -2.20. The van der Waals surface area contributed by atoms with E-state index in [0.29, 0.717) is 22.8 Å². The molecule has 0 radical (unpaired) electrons. The van der Waals surface area contributed by atoms with Crippen LogP contribution in [0.2, 0.25) is 0 Å². The van der Waals surface area contributed by atoms with E-state index in [4.69, 9.17) is 9.47 Å². The highest BCUT2D eigenvalue weighted by Gasteiger charge is 2.12. The fourth-order valence-corrected chi connectivity index (χ4v) is 3.06. The van der Waals surface area contributed by atoms with E-state index in [1.807, 2.05) is 13.0 Å². The van der Waals surface area contributed by atoms with Crippen molar-refractivity contribution in [2.24, 2.45) is 0 Å². The molecule has 0 saturated carbocycles. The van der Waals surface area contributed by atoms with Crippen molar-refractivity contribution in [2.45, 2.75) is 12.1 Å². The molecule has 0 bridgehead atoms. The van der Waals surface area contributed by atoms with Gasteiger partial charge in [-0.15, -0.1) is 0 Å².